The molecule has 1 amide bonds. The number of aryl methyl sites for hydroxylation is 1. The Balaban J connectivity index is 1.55. The molecule has 0 spiro atoms. The van der Waals surface area contributed by atoms with E-state index in [4.69, 9.17) is 9.47 Å². The molecule has 1 unspecified atom stereocenters. The summed E-state index contributed by atoms with van der Waals surface area (Å²) in [5, 5.41) is 4.72. The third-order valence-electron chi connectivity index (χ3n) is 6.06. The van der Waals surface area contributed by atoms with Gasteiger partial charge in [0.1, 0.15) is 5.60 Å². The lowest BCUT2D eigenvalue weighted by Crippen LogP contribution is -2.41. The van der Waals surface area contributed by atoms with Crippen LogP contribution in [-0.2, 0) is 9.47 Å². The molecule has 1 aromatic carbocycles. The summed E-state index contributed by atoms with van der Waals surface area (Å²) in [4.78, 5) is 14.1. The average molecular weight is 418 g/mol. The maximum atomic E-state index is 14.5. The summed E-state index contributed by atoms with van der Waals surface area (Å²) in [6, 6.07) is 4.00. The highest BCUT2D eigenvalue weighted by Crippen LogP contribution is 2.35. The van der Waals surface area contributed by atoms with Crippen molar-refractivity contribution in [1.82, 2.24) is 14.7 Å². The Labute approximate surface area is 177 Å². The molecule has 1 aromatic heterocycles. The minimum atomic E-state index is -0.487. The van der Waals surface area contributed by atoms with Crippen LogP contribution in [0.2, 0.25) is 0 Å². The first-order chi connectivity index (χ1) is 14.2. The van der Waals surface area contributed by atoms with Crippen molar-refractivity contribution in [2.75, 3.05) is 19.7 Å². The fourth-order valence-corrected chi connectivity index (χ4v) is 4.55. The summed E-state index contributed by atoms with van der Waals surface area (Å²) in [6.07, 6.45) is 4.24. The van der Waals surface area contributed by atoms with Crippen molar-refractivity contribution < 1.29 is 18.7 Å². The minimum Gasteiger partial charge on any atom is -0.444 e. The van der Waals surface area contributed by atoms with E-state index in [2.05, 4.69) is 11.2 Å². The molecule has 4 rings (SSSR count). The van der Waals surface area contributed by atoms with Crippen LogP contribution in [0, 0.1) is 12.9 Å². The number of carbonyl (C=O) groups excluding carboxylic acids is 1. The van der Waals surface area contributed by atoms with Gasteiger partial charge in [0.05, 0.1) is 10.9 Å². The number of hydrogen-bond acceptors (Lipinski definition) is 4. The summed E-state index contributed by atoms with van der Waals surface area (Å²) in [6.45, 7) is 9.70. The lowest BCUT2D eigenvalue weighted by Gasteiger charge is -2.34. The van der Waals surface area contributed by atoms with Crippen LogP contribution in [0.4, 0.5) is 9.18 Å². The van der Waals surface area contributed by atoms with Crippen molar-refractivity contribution >= 4 is 17.0 Å². The van der Waals surface area contributed by atoms with E-state index in [0.29, 0.717) is 31.0 Å². The number of aromatic nitrogens is 2. The number of nitrogens with zero attached hydrogens (tertiary/aromatic N) is 3. The van der Waals surface area contributed by atoms with Gasteiger partial charge < -0.3 is 14.4 Å². The Bertz CT molecular complexity index is 920. The van der Waals surface area contributed by atoms with Crippen LogP contribution in [0.1, 0.15) is 76.1 Å². The van der Waals surface area contributed by atoms with Crippen molar-refractivity contribution in [3.63, 3.8) is 0 Å². The third kappa shape index (κ3) is 4.31. The molecule has 7 heteroatoms. The molecule has 2 aliphatic heterocycles. The van der Waals surface area contributed by atoms with Gasteiger partial charge in [-0.05, 0) is 89.0 Å². The molecule has 2 aliphatic rings. The summed E-state index contributed by atoms with van der Waals surface area (Å²) >= 11 is 0. The first-order valence-electron chi connectivity index (χ1n) is 11.0. The molecule has 3 heterocycles. The number of fused-ring (bicyclic) bond motifs is 1. The minimum absolute atomic E-state index is 0.199. The van der Waals surface area contributed by atoms with Gasteiger partial charge in [-0.1, -0.05) is 0 Å². The quantitative estimate of drug-likeness (QED) is 0.666. The van der Waals surface area contributed by atoms with Crippen LogP contribution in [0.5, 0.6) is 0 Å². The summed E-state index contributed by atoms with van der Waals surface area (Å²) in [5.74, 6) is -0.111. The highest BCUT2D eigenvalue weighted by atomic mass is 19.1. The van der Waals surface area contributed by atoms with Gasteiger partial charge in [0.2, 0.25) is 5.95 Å². The number of halogens is 1. The van der Waals surface area contributed by atoms with E-state index in [-0.39, 0.29) is 12.3 Å². The second-order valence-corrected chi connectivity index (χ2v) is 9.52. The van der Waals surface area contributed by atoms with Crippen LogP contribution in [0.15, 0.2) is 12.1 Å². The van der Waals surface area contributed by atoms with Gasteiger partial charge in [0.15, 0.2) is 6.23 Å². The number of benzene rings is 1. The molecule has 2 saturated heterocycles. The van der Waals surface area contributed by atoms with Crippen LogP contribution in [0.3, 0.4) is 0 Å². The number of likely N-dealkylation sites (tertiary alicyclic amines) is 1. The second kappa shape index (κ2) is 8.17. The van der Waals surface area contributed by atoms with Gasteiger partial charge in [0, 0.05) is 19.7 Å². The molecule has 2 fully saturated rings. The summed E-state index contributed by atoms with van der Waals surface area (Å²) in [5.41, 5.74) is 2.60. The van der Waals surface area contributed by atoms with Gasteiger partial charge >= 0.3 is 6.09 Å². The zero-order valence-corrected chi connectivity index (χ0v) is 18.4. The largest absolute Gasteiger partial charge is 0.444 e. The highest BCUT2D eigenvalue weighted by molar-refractivity contribution is 5.81. The third-order valence-corrected chi connectivity index (χ3v) is 6.06. The van der Waals surface area contributed by atoms with E-state index < -0.39 is 11.5 Å². The zero-order valence-electron chi connectivity index (χ0n) is 18.4. The Morgan fingerprint density at radius 1 is 1.20 bits per heavy atom. The van der Waals surface area contributed by atoms with Gasteiger partial charge in [0.25, 0.3) is 0 Å². The SMILES string of the molecule is Cc1cc2c(F)nn(C3CCCCO3)c2cc1C1CCN(C(=O)OC(C)(C)C)CC1. The maximum absolute atomic E-state index is 14.5. The maximum Gasteiger partial charge on any atom is 0.410 e. The number of piperidine rings is 1. The molecular formula is C23H32FN3O3. The first-order valence-corrected chi connectivity index (χ1v) is 11.0. The molecule has 0 aliphatic carbocycles. The second-order valence-electron chi connectivity index (χ2n) is 9.52. The number of carbonyl (C=O) groups is 1. The monoisotopic (exact) mass is 417 g/mol. The predicted molar refractivity (Wildman–Crippen MR) is 113 cm³/mol. The van der Waals surface area contributed by atoms with Crippen LogP contribution >= 0.6 is 0 Å². The van der Waals surface area contributed by atoms with Crippen molar-refractivity contribution in [3.8, 4) is 0 Å². The molecule has 0 bridgehead atoms. The first kappa shape index (κ1) is 21.1. The van der Waals surface area contributed by atoms with E-state index in [1.807, 2.05) is 33.8 Å². The topological polar surface area (TPSA) is 56.6 Å². The number of amides is 1. The Kier molecular flexibility index (Phi) is 5.75. The molecule has 0 saturated carbocycles. The molecule has 1 atom stereocenters. The van der Waals surface area contributed by atoms with Crippen molar-refractivity contribution in [1.29, 1.82) is 0 Å². The van der Waals surface area contributed by atoms with E-state index in [1.54, 1.807) is 9.58 Å². The highest BCUT2D eigenvalue weighted by Gasteiger charge is 2.29. The molecular weight excluding hydrogens is 385 g/mol. The summed E-state index contributed by atoms with van der Waals surface area (Å²) < 4.78 is 27.6. The predicted octanol–water partition coefficient (Wildman–Crippen LogP) is 5.30. The van der Waals surface area contributed by atoms with E-state index in [1.165, 1.54) is 5.56 Å². The zero-order chi connectivity index (χ0) is 21.5. The lowest BCUT2D eigenvalue weighted by atomic mass is 9.86. The molecule has 164 valence electrons. The van der Waals surface area contributed by atoms with Crippen molar-refractivity contribution in [2.45, 2.75) is 77.5 Å². The number of rotatable bonds is 2. The van der Waals surface area contributed by atoms with E-state index in [9.17, 15) is 9.18 Å². The molecule has 30 heavy (non-hydrogen) atoms. The molecule has 2 aromatic rings. The molecule has 6 nitrogen and oxygen atoms in total. The Hall–Kier alpha value is -2.15. The smallest absolute Gasteiger partial charge is 0.410 e. The van der Waals surface area contributed by atoms with Crippen molar-refractivity contribution in [3.05, 3.63) is 29.2 Å². The number of ether oxygens (including phenoxy) is 2. The number of hydrogen-bond donors (Lipinski definition) is 0. The lowest BCUT2D eigenvalue weighted by molar-refractivity contribution is -0.0375. The standard InChI is InChI=1S/C23H32FN3O3/c1-15-13-18-19(27(25-21(18)24)20-7-5-6-12-29-20)14-17(15)16-8-10-26(11-9-16)22(28)30-23(2,3)4/h13-14,16,20H,5-12H2,1-4H3. The summed E-state index contributed by atoms with van der Waals surface area (Å²) in [7, 11) is 0. The van der Waals surface area contributed by atoms with Crippen molar-refractivity contribution in [2.24, 2.45) is 0 Å². The van der Waals surface area contributed by atoms with Gasteiger partial charge in [-0.3, -0.25) is 0 Å². The fourth-order valence-electron chi connectivity index (χ4n) is 4.55. The van der Waals surface area contributed by atoms with Crippen LogP contribution < -0.4 is 0 Å². The molecule has 0 radical (unpaired) electrons. The Morgan fingerprint density at radius 3 is 2.57 bits per heavy atom. The Morgan fingerprint density at radius 2 is 1.93 bits per heavy atom. The van der Waals surface area contributed by atoms with E-state index >= 15 is 0 Å². The van der Waals surface area contributed by atoms with Crippen LogP contribution in [0.25, 0.3) is 10.9 Å². The normalized spacial score (nSPS) is 21.2. The van der Waals surface area contributed by atoms with Crippen LogP contribution in [-0.4, -0.2) is 46.1 Å². The average Bonchev–Trinajstić information content (AvgIpc) is 3.02. The van der Waals surface area contributed by atoms with E-state index in [0.717, 1.165) is 43.2 Å². The van der Waals surface area contributed by atoms with Gasteiger partial charge in [-0.2, -0.15) is 4.39 Å². The van der Waals surface area contributed by atoms with Gasteiger partial charge in [-0.25, -0.2) is 9.48 Å². The van der Waals surface area contributed by atoms with Gasteiger partial charge in [-0.15, -0.1) is 5.10 Å². The fraction of sp³-hybridized carbons (Fsp3) is 0.652. The molecule has 0 N–H and O–H groups in total.